The molecule has 0 aromatic heterocycles. The Bertz CT molecular complexity index is 961. The van der Waals surface area contributed by atoms with Crippen molar-refractivity contribution < 1.29 is 34.8 Å². The molecule has 6 atom stereocenters. The van der Waals surface area contributed by atoms with Crippen LogP contribution in [0.3, 0.4) is 0 Å². The van der Waals surface area contributed by atoms with Crippen molar-refractivity contribution in [2.24, 2.45) is 5.73 Å². The van der Waals surface area contributed by atoms with E-state index in [-0.39, 0.29) is 5.91 Å². The minimum absolute atomic E-state index is 0.0356. The van der Waals surface area contributed by atoms with Crippen molar-refractivity contribution in [2.75, 3.05) is 13.2 Å². The van der Waals surface area contributed by atoms with Gasteiger partial charge in [-0.3, -0.25) is 9.59 Å². The Kier molecular flexibility index (Phi) is 22.7. The van der Waals surface area contributed by atoms with Crippen LogP contribution in [0, 0.1) is 0 Å². The first kappa shape index (κ1) is 39.2. The molecule has 0 radical (unpaired) electrons. The molecule has 0 aromatic rings. The van der Waals surface area contributed by atoms with Crippen LogP contribution in [0.4, 0.5) is 0 Å². The summed E-state index contributed by atoms with van der Waals surface area (Å²) in [5, 5.41) is 44.4. The Morgan fingerprint density at radius 1 is 0.795 bits per heavy atom. The van der Waals surface area contributed by atoms with Crippen LogP contribution in [0.1, 0.15) is 77.6 Å². The maximum Gasteiger partial charge on any atom is 0.237 e. The Labute approximate surface area is 263 Å². The zero-order chi connectivity index (χ0) is 32.4. The third-order valence-electron chi connectivity index (χ3n) is 6.94. The summed E-state index contributed by atoms with van der Waals surface area (Å²) in [6.07, 6.45) is 28.4. The van der Waals surface area contributed by atoms with Crippen molar-refractivity contribution in [3.63, 3.8) is 0 Å². The summed E-state index contributed by atoms with van der Waals surface area (Å²) in [6, 6.07) is -2.17. The van der Waals surface area contributed by atoms with Crippen LogP contribution < -0.4 is 16.4 Å². The lowest BCUT2D eigenvalue weighted by atomic mass is 9.96. The molecule has 0 saturated carbocycles. The van der Waals surface area contributed by atoms with Crippen LogP contribution >= 0.6 is 0 Å². The van der Waals surface area contributed by atoms with Crippen molar-refractivity contribution in [1.82, 2.24) is 10.6 Å². The summed E-state index contributed by atoms with van der Waals surface area (Å²) < 4.78 is 5.02. The highest BCUT2D eigenvalue weighted by molar-refractivity contribution is 5.81. The Hall–Kier alpha value is -2.86. The van der Waals surface area contributed by atoms with E-state index in [1.54, 1.807) is 0 Å². The molecule has 1 heterocycles. The summed E-state index contributed by atoms with van der Waals surface area (Å²) >= 11 is 0. The minimum Gasteiger partial charge on any atom is -0.394 e. The number of rotatable bonds is 22. The third kappa shape index (κ3) is 18.1. The van der Waals surface area contributed by atoms with E-state index in [0.717, 1.165) is 38.5 Å². The van der Waals surface area contributed by atoms with Gasteiger partial charge in [-0.2, -0.15) is 0 Å². The van der Waals surface area contributed by atoms with E-state index in [0.29, 0.717) is 38.6 Å². The van der Waals surface area contributed by atoms with E-state index < -0.39 is 49.2 Å². The summed E-state index contributed by atoms with van der Waals surface area (Å²) in [4.78, 5) is 24.4. The number of amides is 2. The van der Waals surface area contributed by atoms with Crippen LogP contribution in [-0.4, -0.2) is 82.1 Å². The largest absolute Gasteiger partial charge is 0.394 e. The van der Waals surface area contributed by atoms with Gasteiger partial charge >= 0.3 is 0 Å². The van der Waals surface area contributed by atoms with Crippen LogP contribution in [0.25, 0.3) is 0 Å². The molecule has 1 fully saturated rings. The van der Waals surface area contributed by atoms with E-state index >= 15 is 0 Å². The fraction of sp³-hybridized carbons (Fsp3) is 0.588. The molecule has 10 heteroatoms. The SMILES string of the molecule is CCC=CCC=CCC=CCC=CCC=CCC=CCCC(=O)NCCCCC(N)C(=O)N[C@@H]1[C@@H](O)[C@H](O)[C@@H](CO)O[C@H]1O. The number of carbonyl (C=O) groups excluding carboxylic acids is 2. The Morgan fingerprint density at radius 2 is 1.32 bits per heavy atom. The number of ether oxygens (including phenoxy) is 1. The van der Waals surface area contributed by atoms with Crippen LogP contribution in [-0.2, 0) is 14.3 Å². The quantitative estimate of drug-likeness (QED) is 0.0717. The number of hydrogen-bond donors (Lipinski definition) is 7. The summed E-state index contributed by atoms with van der Waals surface area (Å²) in [5.74, 6) is -0.640. The molecule has 0 spiro atoms. The number of carbonyl (C=O) groups is 2. The molecule has 2 amide bonds. The molecule has 8 N–H and O–H groups in total. The van der Waals surface area contributed by atoms with Gasteiger partial charge < -0.3 is 41.5 Å². The lowest BCUT2D eigenvalue weighted by Gasteiger charge is -2.40. The summed E-state index contributed by atoms with van der Waals surface area (Å²) in [6.45, 7) is 2.02. The zero-order valence-corrected chi connectivity index (χ0v) is 26.2. The maximum absolute atomic E-state index is 12.3. The van der Waals surface area contributed by atoms with Gasteiger partial charge in [-0.25, -0.2) is 0 Å². The van der Waals surface area contributed by atoms with Gasteiger partial charge in [0.2, 0.25) is 11.8 Å². The molecule has 10 nitrogen and oxygen atoms in total. The standard InChI is InChI=1S/C34H55N3O7/c1-2-3-4-5-6-7-8-9-10-11-12-13-14-15-16-17-18-19-20-24-29(39)36-25-22-21-23-27(35)33(42)37-30-32(41)31(40)28(26-38)44-34(30)43/h3-4,6-7,9-10,12-13,15-16,18-19,27-28,30-32,34,38,40-41,43H,2,5,8,11,14,17,20-26,35H2,1H3,(H,36,39)(H,37,42)/t27?,28-,30-,31-,32-,34-/m1/s1. The third-order valence-corrected chi connectivity index (χ3v) is 6.94. The predicted octanol–water partition coefficient (Wildman–Crippen LogP) is 2.99. The number of hydrogen-bond acceptors (Lipinski definition) is 8. The van der Waals surface area contributed by atoms with Crippen LogP contribution in [0.15, 0.2) is 72.9 Å². The highest BCUT2D eigenvalue weighted by Crippen LogP contribution is 2.20. The molecule has 44 heavy (non-hydrogen) atoms. The molecule has 0 aliphatic carbocycles. The second kappa shape index (κ2) is 25.5. The lowest BCUT2D eigenvalue weighted by molar-refractivity contribution is -0.253. The average Bonchev–Trinajstić information content (AvgIpc) is 3.01. The first-order valence-corrected chi connectivity index (χ1v) is 15.8. The molecule has 1 rings (SSSR count). The van der Waals surface area contributed by atoms with Crippen LogP contribution in [0.5, 0.6) is 0 Å². The van der Waals surface area contributed by atoms with Gasteiger partial charge in [-0.05, 0) is 64.2 Å². The van der Waals surface area contributed by atoms with E-state index in [4.69, 9.17) is 15.6 Å². The van der Waals surface area contributed by atoms with E-state index in [1.165, 1.54) is 0 Å². The highest BCUT2D eigenvalue weighted by atomic mass is 16.6. The van der Waals surface area contributed by atoms with Gasteiger partial charge in [0.15, 0.2) is 6.29 Å². The number of nitrogens with two attached hydrogens (primary N) is 1. The van der Waals surface area contributed by atoms with Gasteiger partial charge in [0, 0.05) is 13.0 Å². The fourth-order valence-corrected chi connectivity index (χ4v) is 4.31. The van der Waals surface area contributed by atoms with Crippen molar-refractivity contribution in [1.29, 1.82) is 0 Å². The monoisotopic (exact) mass is 617 g/mol. The van der Waals surface area contributed by atoms with Gasteiger partial charge in [-0.15, -0.1) is 0 Å². The predicted molar refractivity (Wildman–Crippen MR) is 174 cm³/mol. The van der Waals surface area contributed by atoms with Gasteiger partial charge in [0.05, 0.1) is 12.6 Å². The first-order chi connectivity index (χ1) is 21.3. The number of aliphatic hydroxyl groups excluding tert-OH is 4. The molecular formula is C34H55N3O7. The molecule has 1 aliphatic heterocycles. The Morgan fingerprint density at radius 3 is 1.84 bits per heavy atom. The summed E-state index contributed by atoms with van der Waals surface area (Å²) in [5.41, 5.74) is 5.91. The van der Waals surface area contributed by atoms with Crippen molar-refractivity contribution in [3.05, 3.63) is 72.9 Å². The smallest absolute Gasteiger partial charge is 0.237 e. The molecule has 248 valence electrons. The number of allylic oxidation sites excluding steroid dienone is 12. The Balaban J connectivity index is 2.05. The zero-order valence-electron chi connectivity index (χ0n) is 26.2. The van der Waals surface area contributed by atoms with Gasteiger partial charge in [0.1, 0.15) is 24.4 Å². The molecule has 0 aromatic carbocycles. The van der Waals surface area contributed by atoms with E-state index in [2.05, 4.69) is 84.4 Å². The van der Waals surface area contributed by atoms with Gasteiger partial charge in [0.25, 0.3) is 0 Å². The van der Waals surface area contributed by atoms with Crippen molar-refractivity contribution in [3.8, 4) is 0 Å². The molecule has 1 saturated heterocycles. The fourth-order valence-electron chi connectivity index (χ4n) is 4.31. The molecule has 0 bridgehead atoms. The van der Waals surface area contributed by atoms with E-state index in [9.17, 15) is 24.9 Å². The van der Waals surface area contributed by atoms with E-state index in [1.807, 2.05) is 6.08 Å². The topological polar surface area (TPSA) is 174 Å². The molecular weight excluding hydrogens is 562 g/mol. The molecule has 1 aliphatic rings. The number of aliphatic hydroxyl groups is 4. The number of unbranched alkanes of at least 4 members (excludes halogenated alkanes) is 1. The lowest BCUT2D eigenvalue weighted by Crippen LogP contribution is -2.65. The minimum atomic E-state index is -1.59. The van der Waals surface area contributed by atoms with Crippen molar-refractivity contribution >= 4 is 11.8 Å². The first-order valence-electron chi connectivity index (χ1n) is 15.8. The average molecular weight is 618 g/mol. The van der Waals surface area contributed by atoms with Gasteiger partial charge in [-0.1, -0.05) is 79.8 Å². The second-order valence-corrected chi connectivity index (χ2v) is 10.7. The normalized spacial score (nSPS) is 23.6. The number of nitrogens with one attached hydrogen (secondary N) is 2. The second-order valence-electron chi connectivity index (χ2n) is 10.7. The highest BCUT2D eigenvalue weighted by Gasteiger charge is 2.44. The summed E-state index contributed by atoms with van der Waals surface area (Å²) in [7, 11) is 0. The van der Waals surface area contributed by atoms with Crippen LogP contribution in [0.2, 0.25) is 0 Å². The van der Waals surface area contributed by atoms with Crippen molar-refractivity contribution in [2.45, 2.75) is 114 Å². The maximum atomic E-state index is 12.3. The molecule has 1 unspecified atom stereocenters.